The molecule has 3 nitrogen and oxygen atoms in total. The highest BCUT2D eigenvalue weighted by molar-refractivity contribution is 8.29. The highest BCUT2D eigenvalue weighted by Crippen LogP contribution is 2.53. The molecule has 0 atom stereocenters. The predicted molar refractivity (Wildman–Crippen MR) is 134 cm³/mol. The van der Waals surface area contributed by atoms with Gasteiger partial charge in [0.15, 0.2) is 0 Å². The maximum absolute atomic E-state index is 13.3. The molecular formula is C25H17NO2S3. The zero-order valence-electron chi connectivity index (χ0n) is 16.3. The van der Waals surface area contributed by atoms with Crippen molar-refractivity contribution in [1.82, 2.24) is 0 Å². The van der Waals surface area contributed by atoms with Gasteiger partial charge in [-0.2, -0.15) is 0 Å². The van der Waals surface area contributed by atoms with Crippen LogP contribution < -0.4 is 5.73 Å². The van der Waals surface area contributed by atoms with Crippen LogP contribution in [0.25, 0.3) is 5.57 Å². The number of hydrogen-bond acceptors (Lipinski definition) is 5. The van der Waals surface area contributed by atoms with Crippen molar-refractivity contribution < 1.29 is 9.59 Å². The van der Waals surface area contributed by atoms with E-state index in [4.69, 9.17) is 18.0 Å². The van der Waals surface area contributed by atoms with Gasteiger partial charge in [-0.15, -0.1) is 0 Å². The fourth-order valence-electron chi connectivity index (χ4n) is 3.11. The van der Waals surface area contributed by atoms with Crippen LogP contribution in [0.1, 0.15) is 26.3 Å². The molecule has 31 heavy (non-hydrogen) atoms. The molecule has 1 aliphatic rings. The van der Waals surface area contributed by atoms with Gasteiger partial charge in [0.2, 0.25) is 11.6 Å². The van der Waals surface area contributed by atoms with Gasteiger partial charge in [0.05, 0.1) is 14.0 Å². The Labute approximate surface area is 194 Å². The Hall–Kier alpha value is -2.93. The minimum Gasteiger partial charge on any atom is -0.389 e. The van der Waals surface area contributed by atoms with Crippen LogP contribution in [-0.2, 0) is 0 Å². The number of hydrogen-bond donors (Lipinski definition) is 1. The number of thiocarbonyl (C=S) groups is 1. The minimum atomic E-state index is -0.192. The topological polar surface area (TPSA) is 60.2 Å². The Morgan fingerprint density at radius 2 is 0.968 bits per heavy atom. The second-order valence-electron chi connectivity index (χ2n) is 6.65. The van der Waals surface area contributed by atoms with Crippen LogP contribution in [0.3, 0.4) is 0 Å². The molecule has 152 valence electrons. The van der Waals surface area contributed by atoms with Crippen molar-refractivity contribution in [3.8, 4) is 0 Å². The quantitative estimate of drug-likeness (QED) is 0.273. The second kappa shape index (κ2) is 9.47. The number of benzene rings is 3. The number of rotatable bonds is 6. The third-order valence-corrected chi connectivity index (χ3v) is 7.39. The Morgan fingerprint density at radius 1 is 0.613 bits per heavy atom. The van der Waals surface area contributed by atoms with Gasteiger partial charge < -0.3 is 5.73 Å². The molecule has 0 radical (unpaired) electrons. The molecule has 0 saturated carbocycles. The molecule has 1 aliphatic heterocycles. The molecule has 0 spiro atoms. The van der Waals surface area contributed by atoms with Crippen LogP contribution in [0.4, 0.5) is 0 Å². The number of ketones is 2. The van der Waals surface area contributed by atoms with Gasteiger partial charge in [-0.3, -0.25) is 9.59 Å². The first kappa shape index (κ1) is 21.3. The maximum atomic E-state index is 13.3. The van der Waals surface area contributed by atoms with Crippen molar-refractivity contribution in [2.45, 2.75) is 0 Å². The van der Waals surface area contributed by atoms with Crippen molar-refractivity contribution in [2.75, 3.05) is 0 Å². The Bertz CT molecular complexity index is 1150. The van der Waals surface area contributed by atoms with Crippen molar-refractivity contribution in [3.05, 3.63) is 122 Å². The van der Waals surface area contributed by atoms with Crippen molar-refractivity contribution in [3.63, 3.8) is 0 Å². The SMILES string of the molecule is NC(=S)C(=C1SC(C(=O)c2ccccc2)=C(C(=O)c2ccccc2)S1)c1ccccc1. The van der Waals surface area contributed by atoms with E-state index in [-0.39, 0.29) is 16.6 Å². The molecule has 0 fully saturated rings. The Kier molecular flexibility index (Phi) is 6.51. The van der Waals surface area contributed by atoms with Crippen LogP contribution in [0.5, 0.6) is 0 Å². The number of nitrogens with two attached hydrogens (primary N) is 1. The van der Waals surface area contributed by atoms with E-state index >= 15 is 0 Å². The van der Waals surface area contributed by atoms with Crippen molar-refractivity contribution in [1.29, 1.82) is 0 Å². The molecule has 0 aromatic heterocycles. The van der Waals surface area contributed by atoms with Crippen molar-refractivity contribution >= 4 is 57.9 Å². The van der Waals surface area contributed by atoms with Crippen LogP contribution in [0.15, 0.2) is 105 Å². The lowest BCUT2D eigenvalue weighted by Gasteiger charge is -2.09. The third kappa shape index (κ3) is 4.56. The van der Waals surface area contributed by atoms with Gasteiger partial charge >= 0.3 is 0 Å². The number of thioether (sulfide) groups is 2. The standard InChI is InChI=1S/C25H17NO2S3/c26-24(29)19(16-10-4-1-5-11-16)25-30-22(20(27)17-12-6-2-7-13-17)23(31-25)21(28)18-14-8-3-9-15-18/h1-15H,(H2,26,29). The van der Waals surface area contributed by atoms with E-state index < -0.39 is 0 Å². The van der Waals surface area contributed by atoms with Crippen LogP contribution in [0.2, 0.25) is 0 Å². The molecule has 0 aliphatic carbocycles. The van der Waals surface area contributed by atoms with E-state index in [2.05, 4.69) is 0 Å². The summed E-state index contributed by atoms with van der Waals surface area (Å²) in [7, 11) is 0. The second-order valence-corrected chi connectivity index (χ2v) is 9.38. The predicted octanol–water partition coefficient (Wildman–Crippen LogP) is 6.10. The van der Waals surface area contributed by atoms with E-state index in [1.54, 1.807) is 48.5 Å². The first-order valence-corrected chi connectivity index (χ1v) is 11.5. The molecule has 1 heterocycles. The molecule has 2 N–H and O–H groups in total. The van der Waals surface area contributed by atoms with Crippen LogP contribution >= 0.6 is 35.7 Å². The first-order chi connectivity index (χ1) is 15.1. The normalized spacial score (nSPS) is 13.2. The maximum Gasteiger partial charge on any atom is 0.201 e. The highest BCUT2D eigenvalue weighted by Gasteiger charge is 2.34. The fraction of sp³-hybridized carbons (Fsp3) is 0. The summed E-state index contributed by atoms with van der Waals surface area (Å²) in [5.41, 5.74) is 8.65. The smallest absolute Gasteiger partial charge is 0.201 e. The van der Waals surface area contributed by atoms with Gasteiger partial charge in [-0.25, -0.2) is 0 Å². The van der Waals surface area contributed by atoms with Crippen LogP contribution in [-0.4, -0.2) is 16.6 Å². The van der Waals surface area contributed by atoms with Gasteiger partial charge in [0.25, 0.3) is 0 Å². The molecule has 6 heteroatoms. The molecular weight excluding hydrogens is 442 g/mol. The molecule has 0 unspecified atom stereocenters. The van der Waals surface area contributed by atoms with Gasteiger partial charge in [0.1, 0.15) is 4.99 Å². The average molecular weight is 460 g/mol. The van der Waals surface area contributed by atoms with Gasteiger partial charge in [0, 0.05) is 16.7 Å². The summed E-state index contributed by atoms with van der Waals surface area (Å²) in [6.45, 7) is 0. The number of carbonyl (C=O) groups is 2. The molecule has 4 rings (SSSR count). The van der Waals surface area contributed by atoms with E-state index in [1.165, 1.54) is 23.5 Å². The summed E-state index contributed by atoms with van der Waals surface area (Å²) in [5.74, 6) is -0.384. The monoisotopic (exact) mass is 459 g/mol. The van der Waals surface area contributed by atoms with Crippen molar-refractivity contribution in [2.24, 2.45) is 5.73 Å². The lowest BCUT2D eigenvalue weighted by molar-refractivity contribution is 0.101. The summed E-state index contributed by atoms with van der Waals surface area (Å²) in [4.78, 5) is 27.7. The van der Waals surface area contributed by atoms with Gasteiger partial charge in [-0.05, 0) is 5.56 Å². The van der Waals surface area contributed by atoms with E-state index in [1.807, 2.05) is 42.5 Å². The van der Waals surface area contributed by atoms with E-state index in [0.29, 0.717) is 26.5 Å². The summed E-state index contributed by atoms with van der Waals surface area (Å²) >= 11 is 7.86. The highest BCUT2D eigenvalue weighted by atomic mass is 32.2. The van der Waals surface area contributed by atoms with Gasteiger partial charge in [-0.1, -0.05) is 127 Å². The summed E-state index contributed by atoms with van der Waals surface area (Å²) < 4.78 is 0.734. The molecule has 3 aromatic carbocycles. The van der Waals surface area contributed by atoms with E-state index in [9.17, 15) is 9.59 Å². The Balaban J connectivity index is 1.83. The average Bonchev–Trinajstić information content (AvgIpc) is 3.24. The summed E-state index contributed by atoms with van der Waals surface area (Å²) in [5, 5.41) is 0. The zero-order chi connectivity index (χ0) is 21.8. The lowest BCUT2D eigenvalue weighted by atomic mass is 10.1. The zero-order valence-corrected chi connectivity index (χ0v) is 18.7. The Morgan fingerprint density at radius 3 is 1.32 bits per heavy atom. The number of allylic oxidation sites excluding steroid dienone is 2. The fourth-order valence-corrected chi connectivity index (χ4v) is 6.19. The molecule has 3 aromatic rings. The largest absolute Gasteiger partial charge is 0.389 e. The first-order valence-electron chi connectivity index (χ1n) is 9.45. The van der Waals surface area contributed by atoms with E-state index in [0.717, 1.165) is 9.80 Å². The third-order valence-electron chi connectivity index (χ3n) is 4.59. The number of carbonyl (C=O) groups excluding carboxylic acids is 2. The summed E-state index contributed by atoms with van der Waals surface area (Å²) in [6.07, 6.45) is 0. The molecule has 0 saturated heterocycles. The summed E-state index contributed by atoms with van der Waals surface area (Å²) in [6, 6.07) is 27.5. The number of Topliss-reactive ketones (excluding diaryl/α,β-unsaturated/α-hetero) is 2. The minimum absolute atomic E-state index is 0.192. The lowest BCUT2D eigenvalue weighted by Crippen LogP contribution is -2.11. The van der Waals surface area contributed by atoms with Crippen LogP contribution in [0, 0.1) is 0 Å². The molecule has 0 bridgehead atoms. The molecule has 0 amide bonds.